The number of nitrogens with one attached hydrogen (secondary N) is 1. The maximum Gasteiger partial charge on any atom is 0.324 e. The smallest absolute Gasteiger partial charge is 0.322 e. The van der Waals surface area contributed by atoms with E-state index in [1.807, 2.05) is 13.0 Å². The van der Waals surface area contributed by atoms with Gasteiger partial charge in [0.05, 0.1) is 6.54 Å². The Morgan fingerprint density at radius 1 is 1.56 bits per heavy atom. The highest BCUT2D eigenvalue weighted by molar-refractivity contribution is 7.11. The quantitative estimate of drug-likeness (QED) is 0.921. The number of aromatic nitrogens is 3. The Morgan fingerprint density at radius 2 is 2.33 bits per heavy atom. The van der Waals surface area contributed by atoms with Crippen molar-refractivity contribution in [3.63, 3.8) is 0 Å². The van der Waals surface area contributed by atoms with E-state index >= 15 is 0 Å². The van der Waals surface area contributed by atoms with Crippen LogP contribution < -0.4 is 5.32 Å². The molecule has 0 saturated heterocycles. The van der Waals surface area contributed by atoms with E-state index in [9.17, 15) is 4.79 Å². The molecular formula is C11H15N5OS. The van der Waals surface area contributed by atoms with Gasteiger partial charge >= 0.3 is 6.03 Å². The van der Waals surface area contributed by atoms with Gasteiger partial charge in [-0.05, 0) is 19.1 Å². The highest BCUT2D eigenvalue weighted by Crippen LogP contribution is 2.16. The van der Waals surface area contributed by atoms with Crippen LogP contribution in [0.5, 0.6) is 0 Å². The Bertz CT molecular complexity index is 547. The summed E-state index contributed by atoms with van der Waals surface area (Å²) in [6.45, 7) is 2.63. The van der Waals surface area contributed by atoms with Crippen molar-refractivity contribution in [3.8, 4) is 0 Å². The molecule has 2 aromatic rings. The first kappa shape index (κ1) is 12.6. The summed E-state index contributed by atoms with van der Waals surface area (Å²) >= 11 is 1.69. The van der Waals surface area contributed by atoms with Crippen molar-refractivity contribution in [2.24, 2.45) is 7.05 Å². The van der Waals surface area contributed by atoms with E-state index in [-0.39, 0.29) is 6.03 Å². The topological polar surface area (TPSA) is 63.1 Å². The molecule has 0 atom stereocenters. The molecule has 0 aromatic carbocycles. The number of rotatable bonds is 3. The van der Waals surface area contributed by atoms with Gasteiger partial charge in [0.15, 0.2) is 0 Å². The number of thiophene rings is 1. The molecule has 0 unspecified atom stereocenters. The summed E-state index contributed by atoms with van der Waals surface area (Å²) < 4.78 is 1.51. The third kappa shape index (κ3) is 2.86. The van der Waals surface area contributed by atoms with Gasteiger partial charge in [-0.1, -0.05) is 0 Å². The molecule has 0 aliphatic rings. The number of carbonyl (C=O) groups excluding carboxylic acids is 1. The Kier molecular flexibility index (Phi) is 3.61. The van der Waals surface area contributed by atoms with Gasteiger partial charge in [0.2, 0.25) is 5.95 Å². The summed E-state index contributed by atoms with van der Waals surface area (Å²) in [7, 11) is 3.48. The third-order valence-corrected chi connectivity index (χ3v) is 3.45. The van der Waals surface area contributed by atoms with Gasteiger partial charge in [-0.25, -0.2) is 9.48 Å². The molecule has 18 heavy (non-hydrogen) atoms. The van der Waals surface area contributed by atoms with Crippen molar-refractivity contribution in [3.05, 3.63) is 28.2 Å². The maximum atomic E-state index is 11.9. The molecule has 0 aliphatic heterocycles. The van der Waals surface area contributed by atoms with E-state index in [0.717, 1.165) is 4.88 Å². The fourth-order valence-corrected chi connectivity index (χ4v) is 2.42. The lowest BCUT2D eigenvalue weighted by Gasteiger charge is -2.16. The predicted octanol–water partition coefficient (Wildman–Crippen LogP) is 1.85. The molecule has 0 spiro atoms. The molecule has 0 bridgehead atoms. The first-order chi connectivity index (χ1) is 8.56. The van der Waals surface area contributed by atoms with E-state index in [2.05, 4.69) is 21.5 Å². The SMILES string of the molecule is Cc1ccc(CN(C)C(=O)Nc2ncnn2C)s1. The standard InChI is InChI=1S/C11H15N5OS/c1-8-4-5-9(18-8)6-15(2)11(17)14-10-12-7-13-16(10)3/h4-5,7H,6H2,1-3H3,(H,12,13,14,17). The molecule has 0 fully saturated rings. The lowest BCUT2D eigenvalue weighted by Crippen LogP contribution is -2.31. The second kappa shape index (κ2) is 5.18. The van der Waals surface area contributed by atoms with Crippen LogP contribution in [0.4, 0.5) is 10.7 Å². The summed E-state index contributed by atoms with van der Waals surface area (Å²) in [5.74, 6) is 0.439. The van der Waals surface area contributed by atoms with Gasteiger partial charge in [-0.15, -0.1) is 11.3 Å². The third-order valence-electron chi connectivity index (χ3n) is 2.47. The fraction of sp³-hybridized carbons (Fsp3) is 0.364. The van der Waals surface area contributed by atoms with E-state index in [0.29, 0.717) is 12.5 Å². The largest absolute Gasteiger partial charge is 0.324 e. The molecule has 0 aliphatic carbocycles. The van der Waals surface area contributed by atoms with Crippen molar-refractivity contribution < 1.29 is 4.79 Å². The first-order valence-corrected chi connectivity index (χ1v) is 6.29. The number of carbonyl (C=O) groups is 1. The Hall–Kier alpha value is -1.89. The number of urea groups is 1. The molecular weight excluding hydrogens is 250 g/mol. The second-order valence-corrected chi connectivity index (χ2v) is 5.38. The minimum atomic E-state index is -0.197. The van der Waals surface area contributed by atoms with Gasteiger partial charge in [0, 0.05) is 23.8 Å². The van der Waals surface area contributed by atoms with Gasteiger partial charge in [0.25, 0.3) is 0 Å². The van der Waals surface area contributed by atoms with E-state index < -0.39 is 0 Å². The number of nitrogens with zero attached hydrogens (tertiary/aromatic N) is 4. The number of hydrogen-bond acceptors (Lipinski definition) is 4. The minimum Gasteiger partial charge on any atom is -0.322 e. The van der Waals surface area contributed by atoms with Crippen LogP contribution in [0.15, 0.2) is 18.5 Å². The average Bonchev–Trinajstić information content (AvgIpc) is 2.89. The number of amides is 2. The van der Waals surface area contributed by atoms with Crippen LogP contribution >= 0.6 is 11.3 Å². The van der Waals surface area contributed by atoms with Crippen molar-refractivity contribution >= 4 is 23.3 Å². The van der Waals surface area contributed by atoms with E-state index in [4.69, 9.17) is 0 Å². The Morgan fingerprint density at radius 3 is 2.89 bits per heavy atom. The highest BCUT2D eigenvalue weighted by Gasteiger charge is 2.12. The fourth-order valence-electron chi connectivity index (χ4n) is 1.48. The molecule has 96 valence electrons. The van der Waals surface area contributed by atoms with Crippen molar-refractivity contribution in [2.75, 3.05) is 12.4 Å². The molecule has 2 aromatic heterocycles. The summed E-state index contributed by atoms with van der Waals surface area (Å²) in [6.07, 6.45) is 1.40. The van der Waals surface area contributed by atoms with Crippen molar-refractivity contribution in [1.82, 2.24) is 19.7 Å². The lowest BCUT2D eigenvalue weighted by molar-refractivity contribution is 0.221. The van der Waals surface area contributed by atoms with E-state index in [1.165, 1.54) is 15.9 Å². The predicted molar refractivity (Wildman–Crippen MR) is 70.5 cm³/mol. The van der Waals surface area contributed by atoms with Gasteiger partial charge in [-0.3, -0.25) is 5.32 Å². The Balaban J connectivity index is 1.95. The number of anilines is 1. The maximum absolute atomic E-state index is 11.9. The van der Waals surface area contributed by atoms with Crippen LogP contribution in [0.25, 0.3) is 0 Å². The van der Waals surface area contributed by atoms with Gasteiger partial charge in [0.1, 0.15) is 6.33 Å². The van der Waals surface area contributed by atoms with Crippen LogP contribution in [-0.2, 0) is 13.6 Å². The molecule has 0 saturated carbocycles. The summed E-state index contributed by atoms with van der Waals surface area (Å²) in [6, 6.07) is 3.89. The monoisotopic (exact) mass is 265 g/mol. The molecule has 7 heteroatoms. The summed E-state index contributed by atoms with van der Waals surface area (Å²) in [5, 5.41) is 6.59. The van der Waals surface area contributed by atoms with Crippen molar-refractivity contribution in [2.45, 2.75) is 13.5 Å². The highest BCUT2D eigenvalue weighted by atomic mass is 32.1. The van der Waals surface area contributed by atoms with Gasteiger partial charge < -0.3 is 4.90 Å². The second-order valence-electron chi connectivity index (χ2n) is 4.01. The molecule has 0 radical (unpaired) electrons. The lowest BCUT2D eigenvalue weighted by atomic mass is 10.4. The molecule has 2 rings (SSSR count). The normalized spacial score (nSPS) is 10.4. The van der Waals surface area contributed by atoms with Crippen LogP contribution in [0, 0.1) is 6.92 Å². The molecule has 6 nitrogen and oxygen atoms in total. The van der Waals surface area contributed by atoms with Crippen molar-refractivity contribution in [1.29, 1.82) is 0 Å². The van der Waals surface area contributed by atoms with Crippen LogP contribution in [-0.4, -0.2) is 32.7 Å². The number of hydrogen-bond donors (Lipinski definition) is 1. The summed E-state index contributed by atoms with van der Waals surface area (Å²) in [5.41, 5.74) is 0. The average molecular weight is 265 g/mol. The molecule has 2 heterocycles. The molecule has 2 amide bonds. The zero-order valence-electron chi connectivity index (χ0n) is 10.5. The van der Waals surface area contributed by atoms with Gasteiger partial charge in [-0.2, -0.15) is 10.1 Å². The van der Waals surface area contributed by atoms with Crippen LogP contribution in [0.3, 0.4) is 0 Å². The van der Waals surface area contributed by atoms with Crippen LogP contribution in [0.1, 0.15) is 9.75 Å². The minimum absolute atomic E-state index is 0.197. The zero-order chi connectivity index (χ0) is 13.1. The zero-order valence-corrected chi connectivity index (χ0v) is 11.4. The first-order valence-electron chi connectivity index (χ1n) is 5.47. The summed E-state index contributed by atoms with van der Waals surface area (Å²) in [4.78, 5) is 19.9. The Labute approximate surface area is 109 Å². The number of aryl methyl sites for hydroxylation is 2. The van der Waals surface area contributed by atoms with Crippen LogP contribution in [0.2, 0.25) is 0 Å². The molecule has 1 N–H and O–H groups in total. The van der Waals surface area contributed by atoms with E-state index in [1.54, 1.807) is 30.3 Å².